The van der Waals surface area contributed by atoms with E-state index in [1.54, 1.807) is 12.4 Å². The molecule has 3 aromatic rings. The number of unbranched alkanes of at least 4 members (excludes halogenated alkanes) is 7. The van der Waals surface area contributed by atoms with Crippen LogP contribution in [0.1, 0.15) is 78.6 Å². The minimum Gasteiger partial charge on any atom is -0.491 e. The molecule has 1 atom stereocenters. The first-order chi connectivity index (χ1) is 18.2. The molecule has 0 aliphatic carbocycles. The molecule has 5 heteroatoms. The van der Waals surface area contributed by atoms with Crippen LogP contribution in [0.15, 0.2) is 60.9 Å². The summed E-state index contributed by atoms with van der Waals surface area (Å²) in [7, 11) is 0. The van der Waals surface area contributed by atoms with Gasteiger partial charge in [0.1, 0.15) is 12.4 Å². The molecule has 0 spiro atoms. The van der Waals surface area contributed by atoms with Crippen LogP contribution in [-0.4, -0.2) is 35.9 Å². The van der Waals surface area contributed by atoms with Crippen LogP contribution in [0.4, 0.5) is 0 Å². The largest absolute Gasteiger partial charge is 0.491 e. The molecule has 2 aromatic carbocycles. The molecule has 0 N–H and O–H groups in total. The van der Waals surface area contributed by atoms with E-state index in [0.29, 0.717) is 12.4 Å². The highest BCUT2D eigenvalue weighted by atomic mass is 16.5. The lowest BCUT2D eigenvalue weighted by Crippen LogP contribution is -2.18. The fourth-order valence-electron chi connectivity index (χ4n) is 4.07. The minimum atomic E-state index is 0.0900. The summed E-state index contributed by atoms with van der Waals surface area (Å²) in [5.41, 5.74) is 3.27. The molecule has 0 aliphatic rings. The Morgan fingerprint density at radius 1 is 0.595 bits per heavy atom. The predicted octanol–water partition coefficient (Wildman–Crippen LogP) is 8.52. The van der Waals surface area contributed by atoms with Crippen LogP contribution in [0.3, 0.4) is 0 Å². The zero-order valence-electron chi connectivity index (χ0n) is 23.0. The van der Waals surface area contributed by atoms with Gasteiger partial charge in [0.25, 0.3) is 0 Å². The Kier molecular flexibility index (Phi) is 13.0. The topological polar surface area (TPSA) is 53.5 Å². The van der Waals surface area contributed by atoms with Gasteiger partial charge in [-0.05, 0) is 43.0 Å². The molecule has 37 heavy (non-hydrogen) atoms. The first kappa shape index (κ1) is 28.6. The highest BCUT2D eigenvalue weighted by molar-refractivity contribution is 5.68. The number of ether oxygens (including phenoxy) is 3. The van der Waals surface area contributed by atoms with Crippen molar-refractivity contribution in [2.24, 2.45) is 0 Å². The predicted molar refractivity (Wildman–Crippen MR) is 152 cm³/mol. The summed E-state index contributed by atoms with van der Waals surface area (Å²) in [6.45, 7) is 8.60. The summed E-state index contributed by atoms with van der Waals surface area (Å²) >= 11 is 0. The first-order valence-electron chi connectivity index (χ1n) is 14.1. The Morgan fingerprint density at radius 3 is 1.78 bits per heavy atom. The van der Waals surface area contributed by atoms with E-state index in [2.05, 4.69) is 67.1 Å². The monoisotopic (exact) mass is 504 g/mol. The van der Waals surface area contributed by atoms with Crippen molar-refractivity contribution in [2.75, 3.05) is 19.8 Å². The molecule has 0 fully saturated rings. The first-order valence-corrected chi connectivity index (χ1v) is 14.1. The maximum atomic E-state index is 5.92. The molecule has 3 rings (SSSR count). The van der Waals surface area contributed by atoms with Gasteiger partial charge in [-0.1, -0.05) is 95.2 Å². The van der Waals surface area contributed by atoms with E-state index in [0.717, 1.165) is 54.2 Å². The van der Waals surface area contributed by atoms with Crippen molar-refractivity contribution in [3.05, 3.63) is 60.9 Å². The van der Waals surface area contributed by atoms with Crippen LogP contribution in [0.5, 0.6) is 11.5 Å². The van der Waals surface area contributed by atoms with Gasteiger partial charge >= 0.3 is 0 Å². The van der Waals surface area contributed by atoms with Crippen LogP contribution < -0.4 is 9.47 Å². The van der Waals surface area contributed by atoms with E-state index in [1.807, 2.05) is 12.1 Å². The van der Waals surface area contributed by atoms with Crippen LogP contribution in [0.25, 0.3) is 22.5 Å². The normalized spacial score (nSPS) is 11.9. The maximum Gasteiger partial charge on any atom is 0.159 e. The number of nitrogens with zero attached hydrogens (tertiary/aromatic N) is 2. The minimum absolute atomic E-state index is 0.0900. The second-order valence-electron chi connectivity index (χ2n) is 9.66. The van der Waals surface area contributed by atoms with Crippen molar-refractivity contribution in [2.45, 2.75) is 84.7 Å². The number of benzene rings is 2. The average Bonchev–Trinajstić information content (AvgIpc) is 2.94. The van der Waals surface area contributed by atoms with Crippen molar-refractivity contribution in [1.82, 2.24) is 9.97 Å². The highest BCUT2D eigenvalue weighted by Gasteiger charge is 2.06. The molecule has 0 aliphatic heterocycles. The summed E-state index contributed by atoms with van der Waals surface area (Å²) in [6.07, 6.45) is 14.6. The molecule has 1 unspecified atom stereocenters. The third-order valence-electron chi connectivity index (χ3n) is 6.36. The average molecular weight is 505 g/mol. The third-order valence-corrected chi connectivity index (χ3v) is 6.36. The SMILES string of the molecule is CCCCCCCOc1cnc(-c2ccc(-c3ccc(OCC(C)OCCCCCC)cc3)cc2)nc1. The Balaban J connectivity index is 1.43. The quantitative estimate of drug-likeness (QED) is 0.162. The third kappa shape index (κ3) is 10.5. The summed E-state index contributed by atoms with van der Waals surface area (Å²) in [6, 6.07) is 16.5. The molecule has 0 radical (unpaired) electrons. The van der Waals surface area contributed by atoms with Gasteiger partial charge in [0.2, 0.25) is 0 Å². The van der Waals surface area contributed by atoms with E-state index in [1.165, 1.54) is 44.9 Å². The molecule has 5 nitrogen and oxygen atoms in total. The fraction of sp³-hybridized carbons (Fsp3) is 0.500. The Morgan fingerprint density at radius 2 is 1.14 bits per heavy atom. The number of rotatable bonds is 18. The van der Waals surface area contributed by atoms with Gasteiger partial charge in [-0.15, -0.1) is 0 Å². The van der Waals surface area contributed by atoms with Crippen molar-refractivity contribution < 1.29 is 14.2 Å². The number of hydrogen-bond acceptors (Lipinski definition) is 5. The Labute approximate surface area is 223 Å². The van der Waals surface area contributed by atoms with Crippen molar-refractivity contribution in [3.8, 4) is 34.0 Å². The van der Waals surface area contributed by atoms with Gasteiger partial charge in [-0.2, -0.15) is 0 Å². The Bertz CT molecular complexity index is 988. The van der Waals surface area contributed by atoms with Gasteiger partial charge in [-0.25, -0.2) is 9.97 Å². The van der Waals surface area contributed by atoms with E-state index in [9.17, 15) is 0 Å². The fourth-order valence-corrected chi connectivity index (χ4v) is 4.07. The van der Waals surface area contributed by atoms with Crippen LogP contribution >= 0.6 is 0 Å². The summed E-state index contributed by atoms with van der Waals surface area (Å²) in [5.74, 6) is 2.29. The molecule has 1 heterocycles. The van der Waals surface area contributed by atoms with Crippen LogP contribution in [0.2, 0.25) is 0 Å². The van der Waals surface area contributed by atoms with Crippen LogP contribution in [0, 0.1) is 0 Å². The zero-order chi connectivity index (χ0) is 26.1. The molecular formula is C32H44N2O3. The van der Waals surface area contributed by atoms with E-state index >= 15 is 0 Å². The smallest absolute Gasteiger partial charge is 0.159 e. The Hall–Kier alpha value is -2.92. The molecule has 0 amide bonds. The second kappa shape index (κ2) is 16.8. The molecule has 0 bridgehead atoms. The van der Waals surface area contributed by atoms with Crippen molar-refractivity contribution in [1.29, 1.82) is 0 Å². The van der Waals surface area contributed by atoms with Crippen molar-refractivity contribution >= 4 is 0 Å². The van der Waals surface area contributed by atoms with Gasteiger partial charge in [0.05, 0.1) is 25.1 Å². The summed E-state index contributed by atoms with van der Waals surface area (Å²) < 4.78 is 17.5. The van der Waals surface area contributed by atoms with E-state index < -0.39 is 0 Å². The molecule has 0 saturated carbocycles. The standard InChI is InChI=1S/C32H44N2O3/c1-4-6-8-10-12-22-36-31-23-33-32(34-24-31)29-15-13-27(14-16-29)28-17-19-30(20-18-28)37-25-26(3)35-21-11-9-7-5-2/h13-20,23-24,26H,4-12,21-22,25H2,1-3H3. The molecule has 200 valence electrons. The van der Waals surface area contributed by atoms with Gasteiger partial charge in [-0.3, -0.25) is 0 Å². The molecule has 1 aromatic heterocycles. The molecular weight excluding hydrogens is 460 g/mol. The van der Waals surface area contributed by atoms with Gasteiger partial charge in [0.15, 0.2) is 11.6 Å². The lowest BCUT2D eigenvalue weighted by atomic mass is 10.0. The highest BCUT2D eigenvalue weighted by Crippen LogP contribution is 2.25. The zero-order valence-corrected chi connectivity index (χ0v) is 23.0. The van der Waals surface area contributed by atoms with E-state index in [-0.39, 0.29) is 6.10 Å². The lowest BCUT2D eigenvalue weighted by molar-refractivity contribution is 0.0303. The van der Waals surface area contributed by atoms with E-state index in [4.69, 9.17) is 14.2 Å². The maximum absolute atomic E-state index is 5.92. The summed E-state index contributed by atoms with van der Waals surface area (Å²) in [4.78, 5) is 8.99. The second-order valence-corrected chi connectivity index (χ2v) is 9.66. The van der Waals surface area contributed by atoms with Gasteiger partial charge in [0, 0.05) is 12.2 Å². The van der Waals surface area contributed by atoms with Crippen molar-refractivity contribution in [3.63, 3.8) is 0 Å². The van der Waals surface area contributed by atoms with Gasteiger partial charge < -0.3 is 14.2 Å². The van der Waals surface area contributed by atoms with Crippen LogP contribution in [-0.2, 0) is 4.74 Å². The lowest BCUT2D eigenvalue weighted by Gasteiger charge is -2.14. The number of hydrogen-bond donors (Lipinski definition) is 0. The number of aromatic nitrogens is 2. The summed E-state index contributed by atoms with van der Waals surface area (Å²) in [5, 5.41) is 0. The molecule has 0 saturated heterocycles.